The van der Waals surface area contributed by atoms with E-state index in [1.54, 1.807) is 24.1 Å². The van der Waals surface area contributed by atoms with E-state index in [0.29, 0.717) is 12.3 Å². The second-order valence-corrected chi connectivity index (χ2v) is 6.04. The summed E-state index contributed by atoms with van der Waals surface area (Å²) < 4.78 is 15.6. The molecule has 3 rings (SSSR count). The van der Waals surface area contributed by atoms with Gasteiger partial charge in [-0.2, -0.15) is 0 Å². The van der Waals surface area contributed by atoms with Crippen LogP contribution in [0.2, 0.25) is 0 Å². The molecule has 2 aromatic carbocycles. The SMILES string of the molecule is COc1ccc2c(c1)CCCN2C(=O)c1cc(OC)c(OC)cc1[N+](=O)[O-]. The fraction of sp³-hybridized carbons (Fsp3) is 0.316. The first-order valence-electron chi connectivity index (χ1n) is 8.39. The van der Waals surface area contributed by atoms with E-state index in [1.807, 2.05) is 6.07 Å². The van der Waals surface area contributed by atoms with Gasteiger partial charge in [0.05, 0.1) is 32.3 Å². The van der Waals surface area contributed by atoms with Crippen molar-refractivity contribution in [2.24, 2.45) is 0 Å². The summed E-state index contributed by atoms with van der Waals surface area (Å²) >= 11 is 0. The van der Waals surface area contributed by atoms with Gasteiger partial charge in [-0.3, -0.25) is 14.9 Å². The predicted octanol–water partition coefficient (Wildman–Crippen LogP) is 3.21. The maximum absolute atomic E-state index is 13.2. The van der Waals surface area contributed by atoms with E-state index in [4.69, 9.17) is 14.2 Å². The Morgan fingerprint density at radius 2 is 1.78 bits per heavy atom. The fourth-order valence-electron chi connectivity index (χ4n) is 3.25. The van der Waals surface area contributed by atoms with Crippen LogP contribution in [0.25, 0.3) is 0 Å². The lowest BCUT2D eigenvalue weighted by Crippen LogP contribution is -2.35. The molecule has 0 unspecified atom stereocenters. The number of nitro benzene ring substituents is 1. The monoisotopic (exact) mass is 372 g/mol. The molecular formula is C19H20N2O6. The highest BCUT2D eigenvalue weighted by atomic mass is 16.6. The highest BCUT2D eigenvalue weighted by molar-refractivity contribution is 6.09. The molecule has 1 aliphatic rings. The first-order chi connectivity index (χ1) is 13.0. The standard InChI is InChI=1S/C19H20N2O6/c1-25-13-6-7-15-12(9-13)5-4-8-20(15)19(22)14-10-17(26-2)18(27-3)11-16(14)21(23)24/h6-7,9-11H,4-5,8H2,1-3H3. The number of carbonyl (C=O) groups is 1. The molecule has 0 fully saturated rings. The van der Waals surface area contributed by atoms with Crippen LogP contribution in [0, 0.1) is 10.1 Å². The molecule has 0 aromatic heterocycles. The number of hydrogen-bond donors (Lipinski definition) is 0. The molecule has 0 radical (unpaired) electrons. The summed E-state index contributed by atoms with van der Waals surface area (Å²) in [5.74, 6) is 0.719. The van der Waals surface area contributed by atoms with Gasteiger partial charge in [-0.05, 0) is 36.6 Å². The second-order valence-electron chi connectivity index (χ2n) is 6.04. The van der Waals surface area contributed by atoms with Gasteiger partial charge in [0.15, 0.2) is 11.5 Å². The summed E-state index contributed by atoms with van der Waals surface area (Å²) in [6.45, 7) is 0.476. The lowest BCUT2D eigenvalue weighted by molar-refractivity contribution is -0.385. The number of aryl methyl sites for hydroxylation is 1. The predicted molar refractivity (Wildman–Crippen MR) is 99.2 cm³/mol. The van der Waals surface area contributed by atoms with Crippen LogP contribution in [0.4, 0.5) is 11.4 Å². The van der Waals surface area contributed by atoms with Crippen molar-refractivity contribution in [2.75, 3.05) is 32.8 Å². The Balaban J connectivity index is 2.08. The molecule has 1 amide bonds. The molecule has 0 N–H and O–H groups in total. The fourth-order valence-corrected chi connectivity index (χ4v) is 3.25. The number of rotatable bonds is 5. The van der Waals surface area contributed by atoms with Gasteiger partial charge >= 0.3 is 0 Å². The number of methoxy groups -OCH3 is 3. The Morgan fingerprint density at radius 1 is 1.07 bits per heavy atom. The molecule has 142 valence electrons. The zero-order valence-corrected chi connectivity index (χ0v) is 15.4. The van der Waals surface area contributed by atoms with Crippen LogP contribution >= 0.6 is 0 Å². The molecule has 1 aliphatic heterocycles. The molecular weight excluding hydrogens is 352 g/mol. The van der Waals surface area contributed by atoms with Crippen molar-refractivity contribution >= 4 is 17.3 Å². The number of nitrogens with zero attached hydrogens (tertiary/aromatic N) is 2. The Bertz CT molecular complexity index is 896. The summed E-state index contributed by atoms with van der Waals surface area (Å²) in [6, 6.07) is 8.03. The van der Waals surface area contributed by atoms with Gasteiger partial charge in [0, 0.05) is 18.3 Å². The third-order valence-electron chi connectivity index (χ3n) is 4.58. The number of benzene rings is 2. The average Bonchev–Trinajstić information content (AvgIpc) is 2.71. The molecule has 27 heavy (non-hydrogen) atoms. The summed E-state index contributed by atoms with van der Waals surface area (Å²) in [6.07, 6.45) is 1.57. The molecule has 8 heteroatoms. The third-order valence-corrected chi connectivity index (χ3v) is 4.58. The maximum atomic E-state index is 13.2. The van der Waals surface area contributed by atoms with E-state index < -0.39 is 10.8 Å². The smallest absolute Gasteiger partial charge is 0.286 e. The molecule has 0 aliphatic carbocycles. The number of carbonyl (C=O) groups excluding carboxylic acids is 1. The van der Waals surface area contributed by atoms with Gasteiger partial charge in [-0.1, -0.05) is 0 Å². The third kappa shape index (κ3) is 3.38. The van der Waals surface area contributed by atoms with Gasteiger partial charge in [0.1, 0.15) is 11.3 Å². The molecule has 1 heterocycles. The minimum absolute atomic E-state index is 0.0404. The highest BCUT2D eigenvalue weighted by Crippen LogP contribution is 2.37. The minimum Gasteiger partial charge on any atom is -0.497 e. The van der Waals surface area contributed by atoms with Crippen molar-refractivity contribution in [1.82, 2.24) is 0 Å². The number of anilines is 1. The number of ether oxygens (including phenoxy) is 3. The zero-order chi connectivity index (χ0) is 19.6. The van der Waals surface area contributed by atoms with Crippen molar-refractivity contribution in [1.29, 1.82) is 0 Å². The highest BCUT2D eigenvalue weighted by Gasteiger charge is 2.31. The van der Waals surface area contributed by atoms with Crippen molar-refractivity contribution in [3.05, 3.63) is 51.6 Å². The van der Waals surface area contributed by atoms with Gasteiger partial charge < -0.3 is 19.1 Å². The van der Waals surface area contributed by atoms with E-state index in [9.17, 15) is 14.9 Å². The Hall–Kier alpha value is -3.29. The van der Waals surface area contributed by atoms with Crippen molar-refractivity contribution in [3.63, 3.8) is 0 Å². The van der Waals surface area contributed by atoms with Gasteiger partial charge in [-0.15, -0.1) is 0 Å². The van der Waals surface area contributed by atoms with E-state index in [2.05, 4.69) is 0 Å². The lowest BCUT2D eigenvalue weighted by Gasteiger charge is -2.30. The van der Waals surface area contributed by atoms with Gasteiger partial charge in [-0.25, -0.2) is 0 Å². The van der Waals surface area contributed by atoms with Crippen LogP contribution in [-0.4, -0.2) is 38.7 Å². The van der Waals surface area contributed by atoms with Gasteiger partial charge in [0.2, 0.25) is 0 Å². The number of fused-ring (bicyclic) bond motifs is 1. The summed E-state index contributed by atoms with van der Waals surface area (Å²) in [7, 11) is 4.39. The summed E-state index contributed by atoms with van der Waals surface area (Å²) in [5, 5.41) is 11.5. The van der Waals surface area contributed by atoms with E-state index in [0.717, 1.165) is 24.1 Å². The molecule has 2 aromatic rings. The van der Waals surface area contributed by atoms with Crippen molar-refractivity contribution in [2.45, 2.75) is 12.8 Å². The van der Waals surface area contributed by atoms with Crippen LogP contribution < -0.4 is 19.1 Å². The van der Waals surface area contributed by atoms with Crippen LogP contribution in [0.1, 0.15) is 22.3 Å². The normalized spacial score (nSPS) is 12.9. The van der Waals surface area contributed by atoms with E-state index in [-0.39, 0.29) is 22.7 Å². The zero-order valence-electron chi connectivity index (χ0n) is 15.4. The summed E-state index contributed by atoms with van der Waals surface area (Å²) in [4.78, 5) is 25.7. The minimum atomic E-state index is -0.589. The molecule has 0 spiro atoms. The molecule has 0 saturated carbocycles. The van der Waals surface area contributed by atoms with Crippen molar-refractivity contribution in [3.8, 4) is 17.2 Å². The van der Waals surface area contributed by atoms with Crippen molar-refractivity contribution < 1.29 is 23.9 Å². The Kier molecular flexibility index (Phi) is 5.16. The van der Waals surface area contributed by atoms with Crippen LogP contribution in [0.15, 0.2) is 30.3 Å². The molecule has 0 saturated heterocycles. The van der Waals surface area contributed by atoms with E-state index >= 15 is 0 Å². The molecule has 0 atom stereocenters. The topological polar surface area (TPSA) is 91.1 Å². The first-order valence-corrected chi connectivity index (χ1v) is 8.39. The molecule has 8 nitrogen and oxygen atoms in total. The average molecular weight is 372 g/mol. The first kappa shape index (κ1) is 18.5. The number of amides is 1. The Labute approximate surface area is 156 Å². The van der Waals surface area contributed by atoms with E-state index in [1.165, 1.54) is 26.4 Å². The number of nitro groups is 1. The lowest BCUT2D eigenvalue weighted by atomic mass is 10.00. The molecule has 0 bridgehead atoms. The van der Waals surface area contributed by atoms with Crippen LogP contribution in [0.3, 0.4) is 0 Å². The Morgan fingerprint density at radius 3 is 2.41 bits per heavy atom. The van der Waals surface area contributed by atoms with Gasteiger partial charge in [0.25, 0.3) is 11.6 Å². The van der Waals surface area contributed by atoms with Crippen LogP contribution in [0.5, 0.6) is 17.2 Å². The maximum Gasteiger partial charge on any atom is 0.286 e. The number of hydrogen-bond acceptors (Lipinski definition) is 6. The summed E-state index contributed by atoms with van der Waals surface area (Å²) in [5.41, 5.74) is 1.34. The second kappa shape index (κ2) is 7.53. The largest absolute Gasteiger partial charge is 0.497 e. The quantitative estimate of drug-likeness (QED) is 0.591. The van der Waals surface area contributed by atoms with Crippen LogP contribution in [-0.2, 0) is 6.42 Å².